The molecule has 9 nitrogen and oxygen atoms in total. The topological polar surface area (TPSA) is 121 Å². The number of piperazine rings is 1. The van der Waals surface area contributed by atoms with Gasteiger partial charge in [0.1, 0.15) is 11.5 Å². The van der Waals surface area contributed by atoms with Crippen LogP contribution in [0.3, 0.4) is 0 Å². The summed E-state index contributed by atoms with van der Waals surface area (Å²) in [5, 5.41) is 11.1. The van der Waals surface area contributed by atoms with Crippen molar-refractivity contribution in [2.75, 3.05) is 18.0 Å². The van der Waals surface area contributed by atoms with Crippen molar-refractivity contribution in [2.45, 2.75) is 31.6 Å². The van der Waals surface area contributed by atoms with Crippen molar-refractivity contribution in [3.05, 3.63) is 48.3 Å². The number of hydrogen-bond donors (Lipinski definition) is 3. The van der Waals surface area contributed by atoms with E-state index < -0.39 is 11.9 Å². The summed E-state index contributed by atoms with van der Waals surface area (Å²) in [5.41, 5.74) is 5.57. The highest BCUT2D eigenvalue weighted by atomic mass is 19.4. The summed E-state index contributed by atoms with van der Waals surface area (Å²) in [6.07, 6.45) is 2.97. The van der Waals surface area contributed by atoms with E-state index in [0.717, 1.165) is 12.4 Å². The summed E-state index contributed by atoms with van der Waals surface area (Å²) in [4.78, 5) is 18.5. The predicted molar refractivity (Wildman–Crippen MR) is 113 cm³/mol. The Balaban J connectivity index is 1.72. The summed E-state index contributed by atoms with van der Waals surface area (Å²) in [6, 6.07) is 1.56. The fourth-order valence-corrected chi connectivity index (χ4v) is 3.80. The molecular weight excluding hydrogens is 423 g/mol. The van der Waals surface area contributed by atoms with E-state index in [1.165, 1.54) is 23.0 Å². The normalized spacial score (nSPS) is 19.3. The highest BCUT2D eigenvalue weighted by Crippen LogP contribution is 2.29. The lowest BCUT2D eigenvalue weighted by atomic mass is 9.95. The van der Waals surface area contributed by atoms with Gasteiger partial charge in [0.05, 0.1) is 18.4 Å². The molecule has 0 radical (unpaired) electrons. The van der Waals surface area contributed by atoms with Crippen molar-refractivity contribution < 1.29 is 13.2 Å². The van der Waals surface area contributed by atoms with Crippen LogP contribution in [0.25, 0.3) is 17.2 Å². The van der Waals surface area contributed by atoms with Crippen LogP contribution in [-0.4, -0.2) is 55.2 Å². The largest absolute Gasteiger partial charge is 0.434 e. The molecule has 1 saturated heterocycles. The number of nitrogens with one attached hydrogen (secondary N) is 2. The SMILES string of the molecule is CC1(C)CN(c2ccnc(-c3cnc4cnc(C(F)(F)F)cn34)n2)CC(/C(C=N)=C/N)N1. The molecule has 3 aromatic rings. The zero-order valence-electron chi connectivity index (χ0n) is 17.4. The van der Waals surface area contributed by atoms with Crippen molar-refractivity contribution in [1.29, 1.82) is 5.41 Å². The minimum atomic E-state index is -4.58. The van der Waals surface area contributed by atoms with Gasteiger partial charge in [-0.05, 0) is 19.9 Å². The molecule has 32 heavy (non-hydrogen) atoms. The van der Waals surface area contributed by atoms with E-state index in [-0.39, 0.29) is 23.1 Å². The van der Waals surface area contributed by atoms with Crippen LogP contribution in [0.15, 0.2) is 42.6 Å². The van der Waals surface area contributed by atoms with Gasteiger partial charge < -0.3 is 21.4 Å². The Morgan fingerprint density at radius 2 is 2.06 bits per heavy atom. The Kier molecular flexibility index (Phi) is 5.33. The molecule has 168 valence electrons. The lowest BCUT2D eigenvalue weighted by molar-refractivity contribution is -0.141. The van der Waals surface area contributed by atoms with E-state index in [2.05, 4.69) is 25.3 Å². The number of fused-ring (bicyclic) bond motifs is 1. The van der Waals surface area contributed by atoms with Gasteiger partial charge in [-0.1, -0.05) is 0 Å². The maximum Gasteiger partial charge on any atom is 0.434 e. The third-order valence-electron chi connectivity index (χ3n) is 5.20. The van der Waals surface area contributed by atoms with E-state index >= 15 is 0 Å². The Bertz CT molecular complexity index is 1180. The molecule has 1 aliphatic heterocycles. The molecule has 0 aromatic carbocycles. The minimum Gasteiger partial charge on any atom is -0.404 e. The number of halogens is 3. The predicted octanol–water partition coefficient (Wildman–Crippen LogP) is 2.25. The van der Waals surface area contributed by atoms with Crippen molar-refractivity contribution >= 4 is 17.7 Å². The maximum absolute atomic E-state index is 13.1. The van der Waals surface area contributed by atoms with Gasteiger partial charge in [0.2, 0.25) is 0 Å². The number of aromatic nitrogens is 5. The Morgan fingerprint density at radius 1 is 1.28 bits per heavy atom. The fraction of sp³-hybridized carbons (Fsp3) is 0.350. The molecule has 4 rings (SSSR count). The van der Waals surface area contributed by atoms with E-state index in [1.807, 2.05) is 18.7 Å². The second kappa shape index (κ2) is 7.86. The number of rotatable bonds is 4. The van der Waals surface area contributed by atoms with Crippen molar-refractivity contribution in [1.82, 2.24) is 29.7 Å². The minimum absolute atomic E-state index is 0.184. The summed E-state index contributed by atoms with van der Waals surface area (Å²) in [5.74, 6) is 0.847. The summed E-state index contributed by atoms with van der Waals surface area (Å²) in [7, 11) is 0. The van der Waals surface area contributed by atoms with Gasteiger partial charge in [-0.2, -0.15) is 13.2 Å². The fourth-order valence-electron chi connectivity index (χ4n) is 3.80. The first-order chi connectivity index (χ1) is 15.1. The Labute approximate surface area is 181 Å². The molecule has 1 atom stereocenters. The number of imidazole rings is 1. The van der Waals surface area contributed by atoms with E-state index in [9.17, 15) is 13.2 Å². The molecular formula is C20H22F3N9. The first-order valence-corrected chi connectivity index (χ1v) is 9.80. The van der Waals surface area contributed by atoms with Gasteiger partial charge >= 0.3 is 6.18 Å². The number of anilines is 1. The highest BCUT2D eigenvalue weighted by Gasteiger charge is 2.35. The number of nitrogens with two attached hydrogens (primary N) is 1. The van der Waals surface area contributed by atoms with Crippen LogP contribution in [0.2, 0.25) is 0 Å². The molecule has 4 N–H and O–H groups in total. The molecule has 0 amide bonds. The average Bonchev–Trinajstić information content (AvgIpc) is 3.16. The van der Waals surface area contributed by atoms with Gasteiger partial charge in [-0.3, -0.25) is 4.40 Å². The van der Waals surface area contributed by atoms with Crippen molar-refractivity contribution in [3.8, 4) is 11.5 Å². The molecule has 0 bridgehead atoms. The summed E-state index contributed by atoms with van der Waals surface area (Å²) in [6.45, 7) is 5.18. The average molecular weight is 445 g/mol. The summed E-state index contributed by atoms with van der Waals surface area (Å²) < 4.78 is 40.7. The zero-order valence-corrected chi connectivity index (χ0v) is 17.4. The molecule has 0 saturated carbocycles. The molecule has 0 aliphatic carbocycles. The van der Waals surface area contributed by atoms with Gasteiger partial charge in [0.15, 0.2) is 17.2 Å². The summed E-state index contributed by atoms with van der Waals surface area (Å²) >= 11 is 0. The second-order valence-corrected chi connectivity index (χ2v) is 8.15. The Morgan fingerprint density at radius 3 is 2.75 bits per heavy atom. The molecule has 3 aromatic heterocycles. The van der Waals surface area contributed by atoms with Crippen LogP contribution in [0, 0.1) is 5.41 Å². The smallest absolute Gasteiger partial charge is 0.404 e. The molecule has 4 heterocycles. The van der Waals surface area contributed by atoms with Gasteiger partial charge in [0.25, 0.3) is 0 Å². The lowest BCUT2D eigenvalue weighted by Gasteiger charge is -2.44. The van der Waals surface area contributed by atoms with Crippen LogP contribution >= 0.6 is 0 Å². The van der Waals surface area contributed by atoms with Crippen LogP contribution in [0.5, 0.6) is 0 Å². The highest BCUT2D eigenvalue weighted by molar-refractivity contribution is 5.77. The van der Waals surface area contributed by atoms with Gasteiger partial charge in [-0.15, -0.1) is 0 Å². The second-order valence-electron chi connectivity index (χ2n) is 8.15. The molecule has 1 unspecified atom stereocenters. The zero-order chi connectivity index (χ0) is 23.1. The third kappa shape index (κ3) is 4.13. The first kappa shape index (κ1) is 21.7. The van der Waals surface area contributed by atoms with Crippen LogP contribution in [0.1, 0.15) is 19.5 Å². The monoisotopic (exact) mass is 445 g/mol. The van der Waals surface area contributed by atoms with Gasteiger partial charge in [0, 0.05) is 49.0 Å². The number of nitrogens with zero attached hydrogens (tertiary/aromatic N) is 6. The molecule has 0 spiro atoms. The first-order valence-electron chi connectivity index (χ1n) is 9.80. The molecule has 1 fully saturated rings. The van der Waals surface area contributed by atoms with E-state index in [1.54, 1.807) is 12.3 Å². The van der Waals surface area contributed by atoms with E-state index in [4.69, 9.17) is 11.1 Å². The van der Waals surface area contributed by atoms with E-state index in [0.29, 0.717) is 30.2 Å². The standard InChI is InChI=1S/C20H22F3N9/c1-19(2)11-31(9-13(30-19)12(5-24)6-25)16-3-4-26-18(29-16)14-7-28-17-8-27-15(10-32(14)17)20(21,22)23/h3-8,10,13,24,30H,9,11,25H2,1-2H3/b12-6+,24-5?. The van der Waals surface area contributed by atoms with Crippen molar-refractivity contribution in [2.24, 2.45) is 5.73 Å². The van der Waals surface area contributed by atoms with Crippen LogP contribution in [0.4, 0.5) is 19.0 Å². The van der Waals surface area contributed by atoms with Crippen molar-refractivity contribution in [3.63, 3.8) is 0 Å². The number of alkyl halides is 3. The third-order valence-corrected chi connectivity index (χ3v) is 5.20. The molecule has 12 heteroatoms. The van der Waals surface area contributed by atoms with Crippen LogP contribution in [-0.2, 0) is 6.18 Å². The lowest BCUT2D eigenvalue weighted by Crippen LogP contribution is -2.63. The number of hydrogen-bond acceptors (Lipinski definition) is 8. The Hall–Kier alpha value is -3.54. The maximum atomic E-state index is 13.1. The molecule has 1 aliphatic rings. The van der Waals surface area contributed by atoms with Crippen LogP contribution < -0.4 is 16.0 Å². The van der Waals surface area contributed by atoms with Gasteiger partial charge in [-0.25, -0.2) is 19.9 Å². The quantitative estimate of drug-likeness (QED) is 0.527.